The molecule has 2 rings (SSSR count). The first kappa shape index (κ1) is 12.6. The minimum absolute atomic E-state index is 0.0376. The third-order valence-corrected chi connectivity index (χ3v) is 2.68. The van der Waals surface area contributed by atoms with Crippen LogP contribution in [-0.4, -0.2) is 11.7 Å². The van der Waals surface area contributed by atoms with Crippen LogP contribution in [0.5, 0.6) is 5.75 Å². The summed E-state index contributed by atoms with van der Waals surface area (Å²) in [6, 6.07) is 13.7. The largest absolute Gasteiger partial charge is 0.493 e. The van der Waals surface area contributed by atoms with Crippen LogP contribution in [-0.2, 0) is 13.0 Å². The molecule has 18 heavy (non-hydrogen) atoms. The molecular weight excluding hydrogens is 231 g/mol. The Hall–Kier alpha value is -1.87. The summed E-state index contributed by atoms with van der Waals surface area (Å²) < 4.78 is 18.3. The fraction of sp³-hybridized carbons (Fsp3) is 0.200. The van der Waals surface area contributed by atoms with E-state index in [9.17, 15) is 4.39 Å². The topological polar surface area (TPSA) is 29.5 Å². The molecule has 0 aromatic heterocycles. The van der Waals surface area contributed by atoms with E-state index < -0.39 is 0 Å². The van der Waals surface area contributed by atoms with Gasteiger partial charge < -0.3 is 9.84 Å². The second-order valence-corrected chi connectivity index (χ2v) is 4.03. The Morgan fingerprint density at radius 1 is 0.889 bits per heavy atom. The molecule has 2 nitrogen and oxygen atoms in total. The maximum absolute atomic E-state index is 12.7. The highest BCUT2D eigenvalue weighted by atomic mass is 19.1. The van der Waals surface area contributed by atoms with Gasteiger partial charge in [0.15, 0.2) is 0 Å². The molecule has 0 bridgehead atoms. The van der Waals surface area contributed by atoms with Crippen molar-refractivity contribution in [2.75, 3.05) is 6.61 Å². The second-order valence-electron chi connectivity index (χ2n) is 4.03. The molecule has 0 heterocycles. The summed E-state index contributed by atoms with van der Waals surface area (Å²) in [6.07, 6.45) is 0.738. The number of aliphatic hydroxyl groups excluding tert-OH is 1. The summed E-state index contributed by atoms with van der Waals surface area (Å²) >= 11 is 0. The third-order valence-electron chi connectivity index (χ3n) is 2.68. The molecule has 0 amide bonds. The summed E-state index contributed by atoms with van der Waals surface area (Å²) in [5, 5.41) is 8.90. The number of ether oxygens (including phenoxy) is 1. The molecular formula is C15H15FO2. The highest BCUT2D eigenvalue weighted by Crippen LogP contribution is 2.13. The van der Waals surface area contributed by atoms with Crippen LogP contribution in [0.4, 0.5) is 4.39 Å². The van der Waals surface area contributed by atoms with E-state index in [1.165, 1.54) is 12.1 Å². The average Bonchev–Trinajstić information content (AvgIpc) is 2.42. The lowest BCUT2D eigenvalue weighted by Gasteiger charge is -2.06. The summed E-state index contributed by atoms with van der Waals surface area (Å²) in [5.74, 6) is 0.550. The van der Waals surface area contributed by atoms with Gasteiger partial charge in [-0.1, -0.05) is 24.3 Å². The van der Waals surface area contributed by atoms with E-state index in [0.29, 0.717) is 6.61 Å². The molecule has 0 aliphatic carbocycles. The van der Waals surface area contributed by atoms with Crippen LogP contribution in [0.25, 0.3) is 0 Å². The van der Waals surface area contributed by atoms with Gasteiger partial charge in [0, 0.05) is 6.42 Å². The lowest BCUT2D eigenvalue weighted by atomic mass is 10.1. The van der Waals surface area contributed by atoms with E-state index in [-0.39, 0.29) is 12.4 Å². The SMILES string of the molecule is OCc1ccc(OCCc2ccc(F)cc2)cc1. The molecule has 94 valence electrons. The van der Waals surface area contributed by atoms with Crippen molar-refractivity contribution in [3.8, 4) is 5.75 Å². The maximum Gasteiger partial charge on any atom is 0.123 e. The van der Waals surface area contributed by atoms with E-state index in [4.69, 9.17) is 9.84 Å². The van der Waals surface area contributed by atoms with E-state index in [0.717, 1.165) is 23.3 Å². The van der Waals surface area contributed by atoms with Crippen molar-refractivity contribution in [3.05, 3.63) is 65.5 Å². The highest BCUT2D eigenvalue weighted by molar-refractivity contribution is 5.27. The number of aliphatic hydroxyl groups is 1. The van der Waals surface area contributed by atoms with Crippen LogP contribution in [0.15, 0.2) is 48.5 Å². The Labute approximate surface area is 106 Å². The minimum atomic E-state index is -0.223. The first-order valence-corrected chi connectivity index (χ1v) is 5.85. The van der Waals surface area contributed by atoms with Gasteiger partial charge in [0.05, 0.1) is 13.2 Å². The van der Waals surface area contributed by atoms with Gasteiger partial charge in [-0.15, -0.1) is 0 Å². The van der Waals surface area contributed by atoms with Crippen LogP contribution < -0.4 is 4.74 Å². The van der Waals surface area contributed by atoms with Crippen molar-refractivity contribution in [2.45, 2.75) is 13.0 Å². The molecule has 0 saturated carbocycles. The zero-order valence-electron chi connectivity index (χ0n) is 9.97. The van der Waals surface area contributed by atoms with Crippen molar-refractivity contribution in [1.82, 2.24) is 0 Å². The molecule has 0 unspecified atom stereocenters. The van der Waals surface area contributed by atoms with E-state index in [2.05, 4.69) is 0 Å². The first-order valence-electron chi connectivity index (χ1n) is 5.85. The van der Waals surface area contributed by atoms with Crippen LogP contribution in [0, 0.1) is 5.82 Å². The van der Waals surface area contributed by atoms with Crippen molar-refractivity contribution < 1.29 is 14.2 Å². The predicted molar refractivity (Wildman–Crippen MR) is 68.0 cm³/mol. The monoisotopic (exact) mass is 246 g/mol. The molecule has 2 aromatic carbocycles. The molecule has 0 fully saturated rings. The van der Waals surface area contributed by atoms with Gasteiger partial charge in [-0.05, 0) is 35.4 Å². The Bertz CT molecular complexity index is 477. The lowest BCUT2D eigenvalue weighted by Crippen LogP contribution is -2.01. The van der Waals surface area contributed by atoms with E-state index in [1.54, 1.807) is 12.1 Å². The van der Waals surface area contributed by atoms with Crippen molar-refractivity contribution in [1.29, 1.82) is 0 Å². The third kappa shape index (κ3) is 3.57. The summed E-state index contributed by atoms with van der Waals surface area (Å²) in [7, 11) is 0. The van der Waals surface area contributed by atoms with Gasteiger partial charge in [-0.2, -0.15) is 0 Å². The minimum Gasteiger partial charge on any atom is -0.493 e. The second kappa shape index (κ2) is 6.17. The molecule has 0 spiro atoms. The number of halogens is 1. The Kier molecular flexibility index (Phi) is 4.31. The first-order chi connectivity index (χ1) is 8.78. The Morgan fingerprint density at radius 2 is 1.50 bits per heavy atom. The molecule has 0 saturated heterocycles. The van der Waals surface area contributed by atoms with Crippen molar-refractivity contribution in [2.24, 2.45) is 0 Å². The summed E-state index contributed by atoms with van der Waals surface area (Å²) in [4.78, 5) is 0. The van der Waals surface area contributed by atoms with Crippen molar-refractivity contribution in [3.63, 3.8) is 0 Å². The Balaban J connectivity index is 1.82. The lowest BCUT2D eigenvalue weighted by molar-refractivity contribution is 0.281. The average molecular weight is 246 g/mol. The smallest absolute Gasteiger partial charge is 0.123 e. The van der Waals surface area contributed by atoms with Gasteiger partial charge in [-0.3, -0.25) is 0 Å². The molecule has 1 N–H and O–H groups in total. The number of benzene rings is 2. The van der Waals surface area contributed by atoms with Crippen LogP contribution in [0.2, 0.25) is 0 Å². The van der Waals surface area contributed by atoms with Gasteiger partial charge in [0.1, 0.15) is 11.6 Å². The van der Waals surface area contributed by atoms with E-state index in [1.807, 2.05) is 24.3 Å². The fourth-order valence-electron chi connectivity index (χ4n) is 1.63. The number of rotatable bonds is 5. The van der Waals surface area contributed by atoms with Crippen LogP contribution in [0.1, 0.15) is 11.1 Å². The molecule has 2 aromatic rings. The zero-order valence-corrected chi connectivity index (χ0v) is 9.97. The maximum atomic E-state index is 12.7. The molecule has 0 aliphatic heterocycles. The number of hydrogen-bond acceptors (Lipinski definition) is 2. The van der Waals surface area contributed by atoms with Gasteiger partial charge in [-0.25, -0.2) is 4.39 Å². The normalized spacial score (nSPS) is 10.3. The van der Waals surface area contributed by atoms with Gasteiger partial charge in [0.2, 0.25) is 0 Å². The van der Waals surface area contributed by atoms with Crippen LogP contribution >= 0.6 is 0 Å². The van der Waals surface area contributed by atoms with Crippen molar-refractivity contribution >= 4 is 0 Å². The fourth-order valence-corrected chi connectivity index (χ4v) is 1.63. The molecule has 0 atom stereocenters. The predicted octanol–water partition coefficient (Wildman–Crippen LogP) is 2.94. The molecule has 0 aliphatic rings. The standard InChI is InChI=1S/C15H15FO2/c16-14-5-1-12(2-6-14)9-10-18-15-7-3-13(11-17)4-8-15/h1-8,17H,9-11H2. The number of hydrogen-bond donors (Lipinski definition) is 1. The summed E-state index contributed by atoms with van der Waals surface area (Å²) in [5.41, 5.74) is 1.91. The van der Waals surface area contributed by atoms with E-state index >= 15 is 0 Å². The van der Waals surface area contributed by atoms with Gasteiger partial charge >= 0.3 is 0 Å². The zero-order chi connectivity index (χ0) is 12.8. The van der Waals surface area contributed by atoms with Crippen LogP contribution in [0.3, 0.4) is 0 Å². The quantitative estimate of drug-likeness (QED) is 0.879. The van der Waals surface area contributed by atoms with Gasteiger partial charge in [0.25, 0.3) is 0 Å². The summed E-state index contributed by atoms with van der Waals surface area (Å²) in [6.45, 7) is 0.583. The highest BCUT2D eigenvalue weighted by Gasteiger charge is 1.97. The molecule has 3 heteroatoms. The molecule has 0 radical (unpaired) electrons. The Morgan fingerprint density at radius 3 is 2.11 bits per heavy atom.